The van der Waals surface area contributed by atoms with Gasteiger partial charge < -0.3 is 0 Å². The predicted octanol–water partition coefficient (Wildman–Crippen LogP) is 5.17. The lowest BCUT2D eigenvalue weighted by Crippen LogP contribution is -2.43. The van der Waals surface area contributed by atoms with Crippen molar-refractivity contribution in [3.8, 4) is 0 Å². The molecule has 3 fully saturated rings. The Balaban J connectivity index is 1.90. The van der Waals surface area contributed by atoms with Gasteiger partial charge in [0.1, 0.15) is 0 Å². The number of hydrogen-bond donors (Lipinski definition) is 0. The molecule has 4 unspecified atom stereocenters. The van der Waals surface area contributed by atoms with E-state index < -0.39 is 0 Å². The smallest absolute Gasteiger partial charge is 0.0261 e. The first-order valence-electron chi connectivity index (χ1n) is 7.68. The summed E-state index contributed by atoms with van der Waals surface area (Å²) in [6.45, 7) is 5.00. The summed E-state index contributed by atoms with van der Waals surface area (Å²) < 4.78 is 0. The van der Waals surface area contributed by atoms with Gasteiger partial charge in [-0.3, -0.25) is 0 Å². The molecule has 0 saturated heterocycles. The van der Waals surface area contributed by atoms with Crippen molar-refractivity contribution in [1.29, 1.82) is 0 Å². The van der Waals surface area contributed by atoms with Gasteiger partial charge in [-0.25, -0.2) is 0 Å². The van der Waals surface area contributed by atoms with E-state index in [9.17, 15) is 0 Å². The Hall–Kier alpha value is 0. The van der Waals surface area contributed by atoms with Crippen LogP contribution >= 0.6 is 0 Å². The van der Waals surface area contributed by atoms with Crippen LogP contribution in [0, 0.1) is 22.7 Å². The monoisotopic (exact) mass is 220 g/mol. The maximum atomic E-state index is 2.60. The summed E-state index contributed by atoms with van der Waals surface area (Å²) >= 11 is 0. The summed E-state index contributed by atoms with van der Waals surface area (Å²) in [5.41, 5.74) is 1.52. The van der Waals surface area contributed by atoms with E-state index in [1.807, 2.05) is 0 Å². The van der Waals surface area contributed by atoms with Gasteiger partial charge in [-0.2, -0.15) is 0 Å². The number of rotatable bonds is 2. The Morgan fingerprint density at radius 3 is 2.62 bits per heavy atom. The highest BCUT2D eigenvalue weighted by Crippen LogP contribution is 2.64. The molecule has 0 aliphatic heterocycles. The lowest BCUT2D eigenvalue weighted by atomic mass is 9.52. The lowest BCUT2D eigenvalue weighted by Gasteiger charge is -2.53. The van der Waals surface area contributed by atoms with Gasteiger partial charge in [0.15, 0.2) is 0 Å². The lowest BCUT2D eigenvalue weighted by molar-refractivity contribution is -0.0309. The molecule has 0 heterocycles. The molecule has 3 aliphatic rings. The Bertz CT molecular complexity index is 265. The molecule has 92 valence electrons. The van der Waals surface area contributed by atoms with Crippen LogP contribution in [0.1, 0.15) is 78.1 Å². The molecule has 2 bridgehead atoms. The maximum Gasteiger partial charge on any atom is -0.0261 e. The van der Waals surface area contributed by atoms with Crippen LogP contribution in [0.15, 0.2) is 0 Å². The molecule has 0 radical (unpaired) electrons. The third-order valence-electron chi connectivity index (χ3n) is 6.30. The summed E-state index contributed by atoms with van der Waals surface area (Å²) in [6, 6.07) is 0. The highest BCUT2D eigenvalue weighted by molar-refractivity contribution is 5.04. The quantitative estimate of drug-likeness (QED) is 0.602. The number of hydrogen-bond acceptors (Lipinski definition) is 0. The summed E-state index contributed by atoms with van der Waals surface area (Å²) in [5, 5.41) is 0. The molecular weight excluding hydrogens is 192 g/mol. The van der Waals surface area contributed by atoms with E-state index in [4.69, 9.17) is 0 Å². The van der Waals surface area contributed by atoms with E-state index in [0.717, 1.165) is 22.7 Å². The highest BCUT2D eigenvalue weighted by Gasteiger charge is 2.53. The summed E-state index contributed by atoms with van der Waals surface area (Å²) in [6.07, 6.45) is 15.4. The van der Waals surface area contributed by atoms with Gasteiger partial charge in [0.05, 0.1) is 0 Å². The predicted molar refractivity (Wildman–Crippen MR) is 69.4 cm³/mol. The van der Waals surface area contributed by atoms with Crippen LogP contribution in [0.4, 0.5) is 0 Å². The first kappa shape index (κ1) is 11.1. The molecule has 3 saturated carbocycles. The normalized spacial score (nSPS) is 51.4. The number of fused-ring (bicyclic) bond motifs is 4. The standard InChI is InChI=1S/C16H28/c1-3-8-16-10-4-9-15(2,12-16)11-7-13-5-6-14(13)16/h13-14H,3-12H2,1-2H3. The van der Waals surface area contributed by atoms with Crippen molar-refractivity contribution in [1.82, 2.24) is 0 Å². The molecule has 16 heavy (non-hydrogen) atoms. The first-order chi connectivity index (χ1) is 7.68. The van der Waals surface area contributed by atoms with E-state index in [0.29, 0.717) is 0 Å². The van der Waals surface area contributed by atoms with Gasteiger partial charge >= 0.3 is 0 Å². The maximum absolute atomic E-state index is 2.60. The molecule has 0 N–H and O–H groups in total. The van der Waals surface area contributed by atoms with Gasteiger partial charge in [0.2, 0.25) is 0 Å². The third-order valence-corrected chi connectivity index (χ3v) is 6.30. The van der Waals surface area contributed by atoms with Crippen molar-refractivity contribution in [3.63, 3.8) is 0 Å². The molecule has 3 aliphatic carbocycles. The second-order valence-electron chi connectivity index (χ2n) is 7.44. The molecule has 0 spiro atoms. The average molecular weight is 220 g/mol. The SMILES string of the molecule is CCCC12CCCC(C)(CCC3CCC31)C2. The molecule has 0 aromatic carbocycles. The molecule has 4 atom stereocenters. The largest absolute Gasteiger partial charge is 0.0654 e. The minimum atomic E-state index is 0.727. The highest BCUT2D eigenvalue weighted by atomic mass is 14.6. The summed E-state index contributed by atoms with van der Waals surface area (Å²) in [4.78, 5) is 0. The van der Waals surface area contributed by atoms with E-state index in [2.05, 4.69) is 13.8 Å². The Labute approximate surface area is 101 Å². The van der Waals surface area contributed by atoms with E-state index >= 15 is 0 Å². The van der Waals surface area contributed by atoms with Crippen LogP contribution in [0.25, 0.3) is 0 Å². The van der Waals surface area contributed by atoms with Crippen LogP contribution in [0.3, 0.4) is 0 Å². The molecule has 0 nitrogen and oxygen atoms in total. The van der Waals surface area contributed by atoms with Gasteiger partial charge in [0, 0.05) is 0 Å². The minimum absolute atomic E-state index is 0.727. The first-order valence-corrected chi connectivity index (χ1v) is 7.68. The van der Waals surface area contributed by atoms with Crippen molar-refractivity contribution in [2.24, 2.45) is 22.7 Å². The minimum Gasteiger partial charge on any atom is -0.0654 e. The van der Waals surface area contributed by atoms with Gasteiger partial charge in [-0.05, 0) is 74.0 Å². The summed E-state index contributed by atoms with van der Waals surface area (Å²) in [7, 11) is 0. The van der Waals surface area contributed by atoms with E-state index in [-0.39, 0.29) is 0 Å². The fraction of sp³-hybridized carbons (Fsp3) is 1.00. The van der Waals surface area contributed by atoms with Gasteiger partial charge in [0.25, 0.3) is 0 Å². The zero-order valence-electron chi connectivity index (χ0n) is 11.2. The van der Waals surface area contributed by atoms with Crippen molar-refractivity contribution in [2.75, 3.05) is 0 Å². The Morgan fingerprint density at radius 2 is 1.94 bits per heavy atom. The van der Waals surface area contributed by atoms with Crippen molar-refractivity contribution >= 4 is 0 Å². The molecule has 0 heteroatoms. The van der Waals surface area contributed by atoms with Crippen LogP contribution in [-0.4, -0.2) is 0 Å². The van der Waals surface area contributed by atoms with Gasteiger partial charge in [-0.15, -0.1) is 0 Å². The molecular formula is C16H28. The second-order valence-corrected chi connectivity index (χ2v) is 7.44. The molecule has 3 rings (SSSR count). The Morgan fingerprint density at radius 1 is 1.06 bits per heavy atom. The molecule has 0 aromatic rings. The second kappa shape index (κ2) is 3.75. The fourth-order valence-electron chi connectivity index (χ4n) is 5.58. The average Bonchev–Trinajstić information content (AvgIpc) is 2.19. The zero-order chi connectivity index (χ0) is 11.2. The zero-order valence-corrected chi connectivity index (χ0v) is 11.2. The molecule has 0 aromatic heterocycles. The third kappa shape index (κ3) is 1.56. The van der Waals surface area contributed by atoms with Crippen LogP contribution in [-0.2, 0) is 0 Å². The summed E-state index contributed by atoms with van der Waals surface area (Å²) in [5.74, 6) is 2.26. The van der Waals surface area contributed by atoms with E-state index in [1.165, 1.54) is 25.7 Å². The molecule has 0 amide bonds. The van der Waals surface area contributed by atoms with Crippen LogP contribution in [0.5, 0.6) is 0 Å². The van der Waals surface area contributed by atoms with Crippen LogP contribution in [0.2, 0.25) is 0 Å². The fourth-order valence-corrected chi connectivity index (χ4v) is 5.58. The van der Waals surface area contributed by atoms with Gasteiger partial charge in [-0.1, -0.05) is 26.7 Å². The Kier molecular flexibility index (Phi) is 2.60. The van der Waals surface area contributed by atoms with Crippen molar-refractivity contribution < 1.29 is 0 Å². The topological polar surface area (TPSA) is 0 Å². The van der Waals surface area contributed by atoms with Crippen LogP contribution < -0.4 is 0 Å². The van der Waals surface area contributed by atoms with Crippen molar-refractivity contribution in [2.45, 2.75) is 78.1 Å². The van der Waals surface area contributed by atoms with Crippen molar-refractivity contribution in [3.05, 3.63) is 0 Å². The van der Waals surface area contributed by atoms with E-state index in [1.54, 1.807) is 38.5 Å².